The highest BCUT2D eigenvalue weighted by atomic mass is 16.3. The minimum atomic E-state index is -0.171. The number of para-hydroxylation sites is 2. The summed E-state index contributed by atoms with van der Waals surface area (Å²) in [6.07, 6.45) is 4.10. The van der Waals surface area contributed by atoms with Gasteiger partial charge >= 0.3 is 6.03 Å². The number of benzene rings is 2. The fourth-order valence-electron chi connectivity index (χ4n) is 3.31. The summed E-state index contributed by atoms with van der Waals surface area (Å²) in [5.41, 5.74) is 3.10. The summed E-state index contributed by atoms with van der Waals surface area (Å²) in [7, 11) is 0. The van der Waals surface area contributed by atoms with Gasteiger partial charge in [0.2, 0.25) is 0 Å². The highest BCUT2D eigenvalue weighted by molar-refractivity contribution is 5.93. The van der Waals surface area contributed by atoms with Crippen LogP contribution in [0.3, 0.4) is 0 Å². The molecule has 0 radical (unpaired) electrons. The molecule has 1 fully saturated rings. The van der Waals surface area contributed by atoms with Crippen molar-refractivity contribution in [2.75, 3.05) is 23.3 Å². The molecule has 0 aromatic heterocycles. The van der Waals surface area contributed by atoms with Gasteiger partial charge in [0, 0.05) is 19.1 Å². The molecule has 1 heterocycles. The Hall–Kier alpha value is -2.69. The SMILES string of the molecule is C[C@H](CCc1ccc(O)cc1)NC(=O)Nc1ccccc1N1CCCC1. The number of nitrogens with one attached hydrogen (secondary N) is 2. The van der Waals surface area contributed by atoms with Crippen molar-refractivity contribution >= 4 is 17.4 Å². The van der Waals surface area contributed by atoms with Gasteiger partial charge in [-0.3, -0.25) is 0 Å². The quantitative estimate of drug-likeness (QED) is 0.731. The number of hydrogen-bond acceptors (Lipinski definition) is 3. The molecule has 1 atom stereocenters. The van der Waals surface area contributed by atoms with Crippen LogP contribution in [-0.2, 0) is 6.42 Å². The number of anilines is 2. The van der Waals surface area contributed by atoms with Crippen LogP contribution in [0.1, 0.15) is 31.7 Å². The Bertz CT molecular complexity index is 724. The fourth-order valence-corrected chi connectivity index (χ4v) is 3.31. The lowest BCUT2D eigenvalue weighted by atomic mass is 10.1. The van der Waals surface area contributed by atoms with Crippen LogP contribution in [0.25, 0.3) is 0 Å². The molecule has 0 saturated carbocycles. The Morgan fingerprint density at radius 2 is 1.81 bits per heavy atom. The number of amides is 2. The Kier molecular flexibility index (Phi) is 6.00. The molecule has 2 amide bonds. The Labute approximate surface area is 155 Å². The molecule has 3 rings (SSSR count). The standard InChI is InChI=1S/C21H27N3O2/c1-16(8-9-17-10-12-18(25)13-11-17)22-21(26)23-19-6-2-3-7-20(19)24-14-4-5-15-24/h2-3,6-7,10-13,16,25H,4-5,8-9,14-15H2,1H3,(H2,22,23,26)/t16-/m1/s1. The second-order valence-electron chi connectivity index (χ2n) is 6.92. The van der Waals surface area contributed by atoms with Gasteiger partial charge < -0.3 is 20.6 Å². The van der Waals surface area contributed by atoms with Gasteiger partial charge in [0.1, 0.15) is 5.75 Å². The second kappa shape index (κ2) is 8.61. The van der Waals surface area contributed by atoms with E-state index in [1.165, 1.54) is 12.8 Å². The number of aryl methyl sites for hydroxylation is 1. The summed E-state index contributed by atoms with van der Waals surface area (Å²) in [5.74, 6) is 0.274. The number of carbonyl (C=O) groups excluding carboxylic acids is 1. The normalized spacial score (nSPS) is 14.9. The molecule has 1 saturated heterocycles. The van der Waals surface area contributed by atoms with Crippen molar-refractivity contribution in [3.63, 3.8) is 0 Å². The number of phenolic OH excluding ortho intramolecular Hbond substituents is 1. The minimum Gasteiger partial charge on any atom is -0.508 e. The number of urea groups is 1. The van der Waals surface area contributed by atoms with E-state index >= 15 is 0 Å². The fraction of sp³-hybridized carbons (Fsp3) is 0.381. The number of aromatic hydroxyl groups is 1. The van der Waals surface area contributed by atoms with Gasteiger partial charge in [-0.1, -0.05) is 24.3 Å². The molecule has 0 aliphatic carbocycles. The van der Waals surface area contributed by atoms with E-state index in [0.717, 1.165) is 42.9 Å². The molecule has 2 aromatic carbocycles. The van der Waals surface area contributed by atoms with E-state index in [1.807, 2.05) is 37.3 Å². The number of phenols is 1. The first-order valence-electron chi connectivity index (χ1n) is 9.31. The third kappa shape index (κ3) is 4.91. The molecular weight excluding hydrogens is 326 g/mol. The second-order valence-corrected chi connectivity index (χ2v) is 6.92. The lowest BCUT2D eigenvalue weighted by molar-refractivity contribution is 0.248. The topological polar surface area (TPSA) is 64.6 Å². The predicted molar refractivity (Wildman–Crippen MR) is 106 cm³/mol. The van der Waals surface area contributed by atoms with E-state index in [0.29, 0.717) is 0 Å². The molecule has 5 heteroatoms. The maximum atomic E-state index is 12.4. The van der Waals surface area contributed by atoms with Crippen molar-refractivity contribution in [1.82, 2.24) is 5.32 Å². The monoisotopic (exact) mass is 353 g/mol. The zero-order chi connectivity index (χ0) is 18.4. The van der Waals surface area contributed by atoms with Crippen molar-refractivity contribution in [3.05, 3.63) is 54.1 Å². The molecular formula is C21H27N3O2. The van der Waals surface area contributed by atoms with Gasteiger partial charge in [-0.2, -0.15) is 0 Å². The minimum absolute atomic E-state index is 0.0581. The van der Waals surface area contributed by atoms with Crippen molar-refractivity contribution in [1.29, 1.82) is 0 Å². The van der Waals surface area contributed by atoms with Gasteiger partial charge in [0.05, 0.1) is 11.4 Å². The summed E-state index contributed by atoms with van der Waals surface area (Å²) >= 11 is 0. The first kappa shape index (κ1) is 18.1. The summed E-state index contributed by atoms with van der Waals surface area (Å²) in [5, 5.41) is 15.3. The molecule has 0 unspecified atom stereocenters. The van der Waals surface area contributed by atoms with Gasteiger partial charge in [-0.25, -0.2) is 4.79 Å². The largest absolute Gasteiger partial charge is 0.508 e. The average Bonchev–Trinajstić information content (AvgIpc) is 3.16. The first-order chi connectivity index (χ1) is 12.6. The molecule has 0 spiro atoms. The van der Waals surface area contributed by atoms with E-state index < -0.39 is 0 Å². The van der Waals surface area contributed by atoms with Crippen LogP contribution < -0.4 is 15.5 Å². The summed E-state index contributed by atoms with van der Waals surface area (Å²) < 4.78 is 0. The molecule has 138 valence electrons. The zero-order valence-corrected chi connectivity index (χ0v) is 15.2. The third-order valence-electron chi connectivity index (χ3n) is 4.78. The number of carbonyl (C=O) groups is 1. The lowest BCUT2D eigenvalue weighted by Gasteiger charge is -2.22. The number of hydrogen-bond donors (Lipinski definition) is 3. The number of rotatable bonds is 6. The van der Waals surface area contributed by atoms with Gasteiger partial charge in [0.15, 0.2) is 0 Å². The molecule has 2 aromatic rings. The molecule has 3 N–H and O–H groups in total. The van der Waals surface area contributed by atoms with Crippen LogP contribution in [0.2, 0.25) is 0 Å². The lowest BCUT2D eigenvalue weighted by Crippen LogP contribution is -2.36. The van der Waals surface area contributed by atoms with E-state index in [-0.39, 0.29) is 17.8 Å². The van der Waals surface area contributed by atoms with Crippen molar-refractivity contribution < 1.29 is 9.90 Å². The van der Waals surface area contributed by atoms with Crippen LogP contribution in [-0.4, -0.2) is 30.3 Å². The first-order valence-corrected chi connectivity index (χ1v) is 9.31. The van der Waals surface area contributed by atoms with E-state index in [4.69, 9.17) is 0 Å². The van der Waals surface area contributed by atoms with Gasteiger partial charge in [0.25, 0.3) is 0 Å². The Morgan fingerprint density at radius 1 is 1.12 bits per heavy atom. The molecule has 1 aliphatic rings. The molecule has 0 bridgehead atoms. The van der Waals surface area contributed by atoms with Crippen LogP contribution >= 0.6 is 0 Å². The summed E-state index contributed by atoms with van der Waals surface area (Å²) in [6.45, 7) is 4.10. The van der Waals surface area contributed by atoms with E-state index in [2.05, 4.69) is 21.6 Å². The van der Waals surface area contributed by atoms with Crippen LogP contribution in [0.5, 0.6) is 5.75 Å². The van der Waals surface area contributed by atoms with Gasteiger partial charge in [-0.15, -0.1) is 0 Å². The smallest absolute Gasteiger partial charge is 0.319 e. The van der Waals surface area contributed by atoms with Crippen molar-refractivity contribution in [2.24, 2.45) is 0 Å². The van der Waals surface area contributed by atoms with E-state index in [1.54, 1.807) is 12.1 Å². The van der Waals surface area contributed by atoms with Gasteiger partial charge in [-0.05, 0) is 62.4 Å². The van der Waals surface area contributed by atoms with Crippen molar-refractivity contribution in [2.45, 2.75) is 38.6 Å². The molecule has 5 nitrogen and oxygen atoms in total. The summed E-state index contributed by atoms with van der Waals surface area (Å²) in [4.78, 5) is 14.7. The molecule has 1 aliphatic heterocycles. The highest BCUT2D eigenvalue weighted by Gasteiger charge is 2.17. The Balaban J connectivity index is 1.51. The van der Waals surface area contributed by atoms with Crippen LogP contribution in [0.4, 0.5) is 16.2 Å². The molecule has 26 heavy (non-hydrogen) atoms. The van der Waals surface area contributed by atoms with Crippen LogP contribution in [0, 0.1) is 0 Å². The summed E-state index contributed by atoms with van der Waals surface area (Å²) in [6, 6.07) is 15.1. The maximum absolute atomic E-state index is 12.4. The Morgan fingerprint density at radius 3 is 2.54 bits per heavy atom. The third-order valence-corrected chi connectivity index (χ3v) is 4.78. The zero-order valence-electron chi connectivity index (χ0n) is 15.2. The van der Waals surface area contributed by atoms with E-state index in [9.17, 15) is 9.90 Å². The van der Waals surface area contributed by atoms with Crippen LogP contribution in [0.15, 0.2) is 48.5 Å². The highest BCUT2D eigenvalue weighted by Crippen LogP contribution is 2.28. The van der Waals surface area contributed by atoms with Crippen molar-refractivity contribution in [3.8, 4) is 5.75 Å². The number of nitrogens with zero attached hydrogens (tertiary/aromatic N) is 1. The average molecular weight is 353 g/mol. The predicted octanol–water partition coefficient (Wildman–Crippen LogP) is 4.14. The maximum Gasteiger partial charge on any atom is 0.319 e.